The fraction of sp³-hybridized carbons (Fsp3) is 0.0370. The minimum Gasteiger partial charge on any atom is -0.337 e. The molecule has 1 aromatic heterocycles. The topological polar surface area (TPSA) is 101 Å². The second-order valence-electron chi connectivity index (χ2n) is 8.22. The van der Waals surface area contributed by atoms with Crippen molar-refractivity contribution in [1.29, 1.82) is 0 Å². The molecule has 5 rings (SSSR count). The lowest BCUT2D eigenvalue weighted by atomic mass is 10.1. The number of anilines is 2. The highest BCUT2D eigenvalue weighted by atomic mass is 35.5. The zero-order chi connectivity index (χ0) is 26.1. The van der Waals surface area contributed by atoms with Gasteiger partial charge in [0.15, 0.2) is 0 Å². The lowest BCUT2D eigenvalue weighted by Gasteiger charge is -2.26. The number of fused-ring (bicyclic) bond motifs is 1. The van der Waals surface area contributed by atoms with Gasteiger partial charge in [0.2, 0.25) is 5.91 Å². The van der Waals surface area contributed by atoms with Gasteiger partial charge in [-0.1, -0.05) is 41.4 Å². The van der Waals surface area contributed by atoms with Crippen LogP contribution in [0.1, 0.15) is 5.56 Å². The molecule has 2 heterocycles. The lowest BCUT2D eigenvalue weighted by Crippen LogP contribution is -2.54. The van der Waals surface area contributed by atoms with Crippen LogP contribution >= 0.6 is 23.2 Å². The van der Waals surface area contributed by atoms with Crippen LogP contribution < -0.4 is 15.5 Å². The number of aromatic nitrogens is 1. The van der Waals surface area contributed by atoms with Gasteiger partial charge in [-0.3, -0.25) is 19.7 Å². The third-order valence-corrected chi connectivity index (χ3v) is 6.25. The van der Waals surface area contributed by atoms with Gasteiger partial charge in [0.1, 0.15) is 12.1 Å². The number of amides is 5. The third-order valence-electron chi connectivity index (χ3n) is 5.75. The van der Waals surface area contributed by atoms with E-state index >= 15 is 0 Å². The number of nitrogens with zero attached hydrogens (tertiary/aromatic N) is 2. The Morgan fingerprint density at radius 1 is 0.892 bits per heavy atom. The van der Waals surface area contributed by atoms with Crippen molar-refractivity contribution in [1.82, 2.24) is 9.88 Å². The van der Waals surface area contributed by atoms with Crippen LogP contribution in [0.2, 0.25) is 10.0 Å². The van der Waals surface area contributed by atoms with Gasteiger partial charge in [-0.25, -0.2) is 9.69 Å². The number of hydrogen-bond acceptors (Lipinski definition) is 4. The molecule has 0 atom stereocenters. The zero-order valence-electron chi connectivity index (χ0n) is 19.1. The third kappa shape index (κ3) is 4.97. The molecular weight excluding hydrogens is 515 g/mol. The summed E-state index contributed by atoms with van der Waals surface area (Å²) in [6, 6.07) is 19.3. The maximum atomic E-state index is 13.2. The summed E-state index contributed by atoms with van der Waals surface area (Å²) in [4.78, 5) is 52.0. The van der Waals surface area contributed by atoms with E-state index in [-0.39, 0.29) is 23.7 Å². The molecule has 0 spiro atoms. The lowest BCUT2D eigenvalue weighted by molar-refractivity contribution is -0.122. The number of nitrogens with one attached hydrogen (secondary N) is 2. The van der Waals surface area contributed by atoms with Crippen LogP contribution in [0.5, 0.6) is 0 Å². The highest BCUT2D eigenvalue weighted by Crippen LogP contribution is 2.27. The second-order valence-corrected chi connectivity index (χ2v) is 9.09. The molecule has 184 valence electrons. The van der Waals surface area contributed by atoms with E-state index in [0.29, 0.717) is 21.3 Å². The van der Waals surface area contributed by atoms with Crippen molar-refractivity contribution >= 4 is 75.3 Å². The average Bonchev–Trinajstić information content (AvgIpc) is 3.21. The minimum atomic E-state index is -0.851. The Kier molecular flexibility index (Phi) is 6.52. The van der Waals surface area contributed by atoms with Crippen molar-refractivity contribution in [2.45, 2.75) is 6.54 Å². The molecule has 1 aliphatic rings. The quantitative estimate of drug-likeness (QED) is 0.270. The van der Waals surface area contributed by atoms with Gasteiger partial charge in [-0.05, 0) is 60.7 Å². The van der Waals surface area contributed by atoms with Crippen molar-refractivity contribution in [3.63, 3.8) is 0 Å². The number of rotatable bonds is 5. The largest absolute Gasteiger partial charge is 0.337 e. The van der Waals surface area contributed by atoms with E-state index in [4.69, 9.17) is 23.2 Å². The molecule has 0 unspecified atom stereocenters. The first-order valence-corrected chi connectivity index (χ1v) is 11.9. The Labute approximate surface area is 221 Å². The van der Waals surface area contributed by atoms with Crippen LogP contribution in [0.15, 0.2) is 84.6 Å². The fourth-order valence-electron chi connectivity index (χ4n) is 4.05. The van der Waals surface area contributed by atoms with E-state index in [1.165, 1.54) is 18.2 Å². The van der Waals surface area contributed by atoms with Gasteiger partial charge in [0.05, 0.1) is 5.69 Å². The van der Waals surface area contributed by atoms with E-state index in [1.807, 2.05) is 24.3 Å². The smallest absolute Gasteiger partial charge is 0.335 e. The number of halogens is 2. The predicted octanol–water partition coefficient (Wildman–Crippen LogP) is 5.25. The number of hydrogen-bond donors (Lipinski definition) is 2. The van der Waals surface area contributed by atoms with Gasteiger partial charge in [-0.15, -0.1) is 0 Å². The van der Waals surface area contributed by atoms with Crippen molar-refractivity contribution < 1.29 is 19.2 Å². The molecule has 2 N–H and O–H groups in total. The van der Waals surface area contributed by atoms with E-state index in [2.05, 4.69) is 10.6 Å². The van der Waals surface area contributed by atoms with E-state index in [9.17, 15) is 19.2 Å². The standard InChI is InChI=1S/C27H18Cl2N4O4/c28-17-5-9-19(10-6-17)30-24(34)15-32-14-16(21-3-1-2-4-23(21)32)13-22-25(35)31-27(37)33(26(22)36)20-11-7-18(29)8-12-20/h1-14H,15H2,(H,30,34)(H,31,35,37)/b22-13+. The summed E-state index contributed by atoms with van der Waals surface area (Å²) in [7, 11) is 0. The summed E-state index contributed by atoms with van der Waals surface area (Å²) < 4.78 is 1.72. The maximum Gasteiger partial charge on any atom is 0.335 e. The number of imide groups is 2. The molecule has 0 bridgehead atoms. The molecule has 37 heavy (non-hydrogen) atoms. The summed E-state index contributed by atoms with van der Waals surface area (Å²) in [6.07, 6.45) is 3.10. The van der Waals surface area contributed by atoms with Crippen molar-refractivity contribution in [3.8, 4) is 0 Å². The Bertz CT molecular complexity index is 1590. The number of barbiturate groups is 1. The predicted molar refractivity (Wildman–Crippen MR) is 142 cm³/mol. The van der Waals surface area contributed by atoms with Crippen LogP contribution in [0.25, 0.3) is 17.0 Å². The van der Waals surface area contributed by atoms with Crippen LogP contribution in [0, 0.1) is 0 Å². The Hall–Kier alpha value is -4.40. The fourth-order valence-corrected chi connectivity index (χ4v) is 4.30. The number of carbonyl (C=O) groups excluding carboxylic acids is 4. The van der Waals surface area contributed by atoms with Crippen molar-refractivity contribution in [3.05, 3.63) is 100 Å². The molecule has 10 heteroatoms. The maximum absolute atomic E-state index is 13.2. The number of urea groups is 1. The van der Waals surface area contributed by atoms with Crippen LogP contribution in [0.3, 0.4) is 0 Å². The molecule has 5 amide bonds. The molecule has 0 saturated carbocycles. The normalized spacial score (nSPS) is 14.8. The Balaban J connectivity index is 1.47. The van der Waals surface area contributed by atoms with E-state index < -0.39 is 17.8 Å². The van der Waals surface area contributed by atoms with Crippen LogP contribution in [0.4, 0.5) is 16.2 Å². The van der Waals surface area contributed by atoms with Crippen molar-refractivity contribution in [2.75, 3.05) is 10.2 Å². The highest BCUT2D eigenvalue weighted by molar-refractivity contribution is 6.39. The van der Waals surface area contributed by atoms with Crippen LogP contribution in [-0.4, -0.2) is 28.3 Å². The SMILES string of the molecule is O=C(Cn1cc(/C=C2\C(=O)NC(=O)N(c3ccc(Cl)cc3)C2=O)c2ccccc21)Nc1ccc(Cl)cc1. The van der Waals surface area contributed by atoms with E-state index in [1.54, 1.807) is 47.2 Å². The van der Waals surface area contributed by atoms with Gasteiger partial charge >= 0.3 is 6.03 Å². The molecule has 0 aliphatic carbocycles. The Morgan fingerprint density at radius 3 is 2.24 bits per heavy atom. The van der Waals surface area contributed by atoms with Gasteiger partial charge in [-0.2, -0.15) is 0 Å². The zero-order valence-corrected chi connectivity index (χ0v) is 20.6. The molecule has 0 radical (unpaired) electrons. The molecule has 1 aliphatic heterocycles. The number of para-hydroxylation sites is 1. The van der Waals surface area contributed by atoms with Crippen LogP contribution in [-0.2, 0) is 20.9 Å². The monoisotopic (exact) mass is 532 g/mol. The van der Waals surface area contributed by atoms with E-state index in [0.717, 1.165) is 15.8 Å². The molecule has 4 aromatic rings. The number of carbonyl (C=O) groups is 4. The van der Waals surface area contributed by atoms with Gasteiger partial charge in [0.25, 0.3) is 11.8 Å². The molecule has 3 aromatic carbocycles. The first-order chi connectivity index (χ1) is 17.8. The highest BCUT2D eigenvalue weighted by Gasteiger charge is 2.37. The first kappa shape index (κ1) is 24.3. The molecule has 8 nitrogen and oxygen atoms in total. The summed E-state index contributed by atoms with van der Waals surface area (Å²) >= 11 is 11.8. The summed E-state index contributed by atoms with van der Waals surface area (Å²) in [5.41, 5.74) is 1.92. The Morgan fingerprint density at radius 2 is 1.54 bits per heavy atom. The molecular formula is C27H18Cl2N4O4. The van der Waals surface area contributed by atoms with Gasteiger partial charge in [0, 0.05) is 38.4 Å². The number of benzene rings is 3. The molecule has 1 fully saturated rings. The first-order valence-electron chi connectivity index (χ1n) is 11.1. The van der Waals surface area contributed by atoms with Gasteiger partial charge < -0.3 is 9.88 Å². The summed E-state index contributed by atoms with van der Waals surface area (Å²) in [5, 5.41) is 6.75. The average molecular weight is 533 g/mol. The minimum absolute atomic E-state index is 0.0121. The second kappa shape index (κ2) is 9.93. The summed E-state index contributed by atoms with van der Waals surface area (Å²) in [6.45, 7) is -0.0121. The van der Waals surface area contributed by atoms with Crippen molar-refractivity contribution in [2.24, 2.45) is 0 Å². The summed E-state index contributed by atoms with van der Waals surface area (Å²) in [5.74, 6) is -1.85. The molecule has 1 saturated heterocycles.